The van der Waals surface area contributed by atoms with Crippen LogP contribution in [-0.4, -0.2) is 41.1 Å². The lowest BCUT2D eigenvalue weighted by molar-refractivity contribution is -0.136. The number of aliphatic carboxylic acids is 1. The summed E-state index contributed by atoms with van der Waals surface area (Å²) >= 11 is 1.21. The van der Waals surface area contributed by atoms with E-state index in [-0.39, 0.29) is 22.4 Å². The van der Waals surface area contributed by atoms with E-state index >= 15 is 8.78 Å². The number of nitrogens with one attached hydrogen (secondary N) is 1. The predicted molar refractivity (Wildman–Crippen MR) is 159 cm³/mol. The van der Waals surface area contributed by atoms with Crippen molar-refractivity contribution in [3.8, 4) is 11.1 Å². The number of carboxylic acid groups (broad SMARTS) is 1. The van der Waals surface area contributed by atoms with Crippen molar-refractivity contribution in [2.75, 3.05) is 20.1 Å². The van der Waals surface area contributed by atoms with E-state index in [9.17, 15) is 4.79 Å². The van der Waals surface area contributed by atoms with E-state index < -0.39 is 17.6 Å². The summed E-state index contributed by atoms with van der Waals surface area (Å²) in [6, 6.07) is 18.2. The molecule has 1 aliphatic rings. The van der Waals surface area contributed by atoms with Gasteiger partial charge in [-0.15, -0.1) is 0 Å². The number of carboxylic acids is 1. The van der Waals surface area contributed by atoms with Gasteiger partial charge in [0.25, 0.3) is 0 Å². The quantitative estimate of drug-likeness (QED) is 0.211. The van der Waals surface area contributed by atoms with E-state index in [0.29, 0.717) is 23.8 Å². The first-order valence-electron chi connectivity index (χ1n) is 14.0. The number of hydrogen-bond acceptors (Lipinski definition) is 4. The summed E-state index contributed by atoms with van der Waals surface area (Å²) in [4.78, 5) is 11.1. The van der Waals surface area contributed by atoms with Crippen LogP contribution in [0.4, 0.5) is 8.78 Å². The van der Waals surface area contributed by atoms with Gasteiger partial charge in [0, 0.05) is 24.1 Å². The van der Waals surface area contributed by atoms with Crippen LogP contribution in [0.1, 0.15) is 50.3 Å². The molecular formula is C33H40F2N2O2S. The van der Waals surface area contributed by atoms with Crippen LogP contribution in [0.3, 0.4) is 0 Å². The Morgan fingerprint density at radius 1 is 1.07 bits per heavy atom. The second-order valence-electron chi connectivity index (χ2n) is 11.9. The monoisotopic (exact) mass is 566 g/mol. The normalized spacial score (nSPS) is 14.5. The lowest BCUT2D eigenvalue weighted by Crippen LogP contribution is -2.44. The molecule has 0 saturated heterocycles. The summed E-state index contributed by atoms with van der Waals surface area (Å²) in [5.41, 5.74) is 4.47. The molecule has 0 spiro atoms. The van der Waals surface area contributed by atoms with Crippen LogP contribution in [0.5, 0.6) is 0 Å². The Balaban J connectivity index is 1.28. The van der Waals surface area contributed by atoms with Gasteiger partial charge in [-0.05, 0) is 111 Å². The first-order chi connectivity index (χ1) is 19.0. The van der Waals surface area contributed by atoms with Crippen LogP contribution >= 0.6 is 11.9 Å². The van der Waals surface area contributed by atoms with E-state index in [4.69, 9.17) is 5.11 Å². The Kier molecular flexibility index (Phi) is 10.0. The molecule has 0 saturated carbocycles. The standard InChI is InChI=1S/C33H40F2N2O2S/c1-22(20-36-33(2,3)19-24-15-25-9-5-6-10-26(25)16-24)21-37(4)40-31-18-29(34)28(17-30(31)35)27-11-7-8-23(14-27)12-13-32(38)39/h5-11,14,17-18,22,24,36H,12-13,15-16,19-21H2,1-4H3,(H,38,39)/t22-/m1/s1. The second-order valence-corrected chi connectivity index (χ2v) is 13.1. The fourth-order valence-corrected chi connectivity index (χ4v) is 6.68. The highest BCUT2D eigenvalue weighted by Crippen LogP contribution is 2.33. The molecule has 0 amide bonds. The molecule has 2 N–H and O–H groups in total. The fourth-order valence-electron chi connectivity index (χ4n) is 5.71. The van der Waals surface area contributed by atoms with E-state index in [1.54, 1.807) is 24.3 Å². The zero-order chi connectivity index (χ0) is 28.9. The third-order valence-electron chi connectivity index (χ3n) is 7.57. The van der Waals surface area contributed by atoms with E-state index in [0.717, 1.165) is 37.9 Å². The number of hydrogen-bond donors (Lipinski definition) is 2. The summed E-state index contributed by atoms with van der Waals surface area (Å²) in [6.07, 6.45) is 3.73. The van der Waals surface area contributed by atoms with Gasteiger partial charge < -0.3 is 10.4 Å². The molecule has 40 heavy (non-hydrogen) atoms. The Hall–Kier alpha value is -2.74. The van der Waals surface area contributed by atoms with Crippen LogP contribution in [0.15, 0.2) is 65.6 Å². The molecule has 0 fully saturated rings. The van der Waals surface area contributed by atoms with Gasteiger partial charge in [-0.25, -0.2) is 13.1 Å². The third-order valence-corrected chi connectivity index (χ3v) is 8.54. The van der Waals surface area contributed by atoms with Crippen molar-refractivity contribution in [3.63, 3.8) is 0 Å². The zero-order valence-electron chi connectivity index (χ0n) is 23.8. The number of aryl methyl sites for hydroxylation is 1. The van der Waals surface area contributed by atoms with Crippen LogP contribution in [-0.2, 0) is 24.1 Å². The maximum atomic E-state index is 15.1. The van der Waals surface area contributed by atoms with E-state index in [1.165, 1.54) is 35.2 Å². The maximum absolute atomic E-state index is 15.1. The molecule has 7 heteroatoms. The molecule has 0 unspecified atom stereocenters. The largest absolute Gasteiger partial charge is 0.481 e. The number of nitrogens with zero attached hydrogens (tertiary/aromatic N) is 1. The molecule has 0 aromatic heterocycles. The lowest BCUT2D eigenvalue weighted by Gasteiger charge is -2.31. The number of halogens is 2. The minimum absolute atomic E-state index is 0.0110. The van der Waals surface area contributed by atoms with Crippen molar-refractivity contribution in [1.29, 1.82) is 0 Å². The van der Waals surface area contributed by atoms with Gasteiger partial charge in [-0.3, -0.25) is 4.79 Å². The van der Waals surface area contributed by atoms with Gasteiger partial charge in [-0.1, -0.05) is 55.5 Å². The van der Waals surface area contributed by atoms with Crippen LogP contribution in [0.25, 0.3) is 11.1 Å². The number of carbonyl (C=O) groups is 1. The van der Waals surface area contributed by atoms with Crippen molar-refractivity contribution in [2.45, 2.75) is 63.3 Å². The van der Waals surface area contributed by atoms with Gasteiger partial charge in [0.05, 0.1) is 4.90 Å². The van der Waals surface area contributed by atoms with E-state index in [2.05, 4.69) is 50.4 Å². The number of rotatable bonds is 13. The smallest absolute Gasteiger partial charge is 0.303 e. The van der Waals surface area contributed by atoms with Crippen molar-refractivity contribution < 1.29 is 18.7 Å². The maximum Gasteiger partial charge on any atom is 0.303 e. The highest BCUT2D eigenvalue weighted by atomic mass is 32.2. The Bertz CT molecular complexity index is 1300. The van der Waals surface area contributed by atoms with Crippen molar-refractivity contribution in [1.82, 2.24) is 9.62 Å². The first kappa shape index (κ1) is 30.2. The fraction of sp³-hybridized carbons (Fsp3) is 0.424. The summed E-state index contributed by atoms with van der Waals surface area (Å²) in [5, 5.41) is 12.7. The second kappa shape index (κ2) is 13.3. The Morgan fingerprint density at radius 2 is 1.77 bits per heavy atom. The SMILES string of the molecule is C[C@H](CNC(C)(C)CC1Cc2ccccc2C1)CN(C)Sc1cc(F)c(-c2cccc(CCC(=O)O)c2)cc1F. The average molecular weight is 567 g/mol. The third kappa shape index (κ3) is 8.38. The first-order valence-corrected chi connectivity index (χ1v) is 14.8. The minimum atomic E-state index is -0.891. The molecule has 0 radical (unpaired) electrons. The summed E-state index contributed by atoms with van der Waals surface area (Å²) < 4.78 is 32.1. The molecule has 214 valence electrons. The van der Waals surface area contributed by atoms with Crippen molar-refractivity contribution >= 4 is 17.9 Å². The predicted octanol–water partition coefficient (Wildman–Crippen LogP) is 7.40. The van der Waals surface area contributed by atoms with Crippen LogP contribution in [0.2, 0.25) is 0 Å². The molecule has 1 aliphatic carbocycles. The molecule has 4 nitrogen and oxygen atoms in total. The highest BCUT2D eigenvalue weighted by molar-refractivity contribution is 7.97. The van der Waals surface area contributed by atoms with Crippen molar-refractivity contribution in [3.05, 3.63) is 89.0 Å². The van der Waals surface area contributed by atoms with Crippen molar-refractivity contribution in [2.24, 2.45) is 11.8 Å². The summed E-state index contributed by atoms with van der Waals surface area (Å²) in [5.74, 6) is -0.899. The van der Waals surface area contributed by atoms with Gasteiger partial charge in [0.1, 0.15) is 11.6 Å². The molecule has 3 aromatic carbocycles. The zero-order valence-corrected chi connectivity index (χ0v) is 24.7. The molecule has 0 heterocycles. The number of fused-ring (bicyclic) bond motifs is 1. The van der Waals surface area contributed by atoms with Gasteiger partial charge in [0.15, 0.2) is 0 Å². The Morgan fingerprint density at radius 3 is 2.45 bits per heavy atom. The van der Waals surface area contributed by atoms with E-state index in [1.807, 2.05) is 11.4 Å². The lowest BCUT2D eigenvalue weighted by atomic mass is 9.88. The minimum Gasteiger partial charge on any atom is -0.481 e. The summed E-state index contributed by atoms with van der Waals surface area (Å²) in [6.45, 7) is 8.26. The van der Waals surface area contributed by atoms with Crippen LogP contribution < -0.4 is 5.32 Å². The topological polar surface area (TPSA) is 52.6 Å². The Labute approximate surface area is 241 Å². The van der Waals surface area contributed by atoms with Crippen LogP contribution in [0, 0.1) is 23.5 Å². The molecule has 0 aliphatic heterocycles. The molecule has 3 aromatic rings. The molecule has 1 atom stereocenters. The highest BCUT2D eigenvalue weighted by Gasteiger charge is 2.28. The molecule has 4 rings (SSSR count). The van der Waals surface area contributed by atoms with Gasteiger partial charge in [0.2, 0.25) is 0 Å². The summed E-state index contributed by atoms with van der Waals surface area (Å²) in [7, 11) is 1.90. The van der Waals surface area contributed by atoms with Gasteiger partial charge >= 0.3 is 5.97 Å². The molecule has 0 bridgehead atoms. The van der Waals surface area contributed by atoms with Gasteiger partial charge in [-0.2, -0.15) is 0 Å². The molecular weight excluding hydrogens is 526 g/mol. The average Bonchev–Trinajstić information content (AvgIpc) is 3.30. The number of benzene rings is 3.